The zero-order valence-corrected chi connectivity index (χ0v) is 19.4. The Labute approximate surface area is 185 Å². The zero-order chi connectivity index (χ0) is 22.1. The summed E-state index contributed by atoms with van der Waals surface area (Å²) in [7, 11) is 1.32. The molecule has 1 fully saturated rings. The first kappa shape index (κ1) is 22.4. The molecule has 0 spiro atoms. The molecule has 2 heterocycles. The highest BCUT2D eigenvalue weighted by atomic mass is 32.2. The lowest BCUT2D eigenvalue weighted by Gasteiger charge is -2.30. The lowest BCUT2D eigenvalue weighted by Crippen LogP contribution is -2.47. The Kier molecular flexibility index (Phi) is 6.57. The molecule has 0 radical (unpaired) electrons. The van der Waals surface area contributed by atoms with Gasteiger partial charge in [0.05, 0.1) is 12.0 Å². The number of nitrogens with zero attached hydrogens (tertiary/aromatic N) is 1. The minimum atomic E-state index is -0.594. The van der Waals surface area contributed by atoms with Gasteiger partial charge in [0.2, 0.25) is 12.3 Å². The number of thiophene rings is 1. The van der Waals surface area contributed by atoms with Crippen LogP contribution in [0.2, 0.25) is 0 Å². The Morgan fingerprint density at radius 2 is 1.93 bits per heavy atom. The molecule has 6 nitrogen and oxygen atoms in total. The van der Waals surface area contributed by atoms with Gasteiger partial charge in [0.25, 0.3) is 0 Å². The molecular formula is C22H26N2O4S2. The van der Waals surface area contributed by atoms with Crippen molar-refractivity contribution in [3.63, 3.8) is 0 Å². The van der Waals surface area contributed by atoms with Gasteiger partial charge in [0, 0.05) is 16.7 Å². The summed E-state index contributed by atoms with van der Waals surface area (Å²) in [6.45, 7) is 8.06. The van der Waals surface area contributed by atoms with Crippen molar-refractivity contribution in [3.8, 4) is 11.1 Å². The second-order valence-electron chi connectivity index (χ2n) is 7.90. The van der Waals surface area contributed by atoms with Crippen LogP contribution in [-0.4, -0.2) is 47.0 Å². The molecule has 0 saturated carbocycles. The monoisotopic (exact) mass is 446 g/mol. The first-order valence-corrected chi connectivity index (χ1v) is 11.5. The van der Waals surface area contributed by atoms with Crippen LogP contribution in [0.1, 0.15) is 49.5 Å². The second kappa shape index (κ2) is 8.81. The number of nitrogens with one attached hydrogen (secondary N) is 1. The van der Waals surface area contributed by atoms with Gasteiger partial charge >= 0.3 is 5.97 Å². The third-order valence-corrected chi connectivity index (χ3v) is 7.57. The van der Waals surface area contributed by atoms with Crippen molar-refractivity contribution >= 4 is 46.4 Å². The minimum absolute atomic E-state index is 0.311. The third kappa shape index (κ3) is 4.25. The van der Waals surface area contributed by atoms with E-state index >= 15 is 0 Å². The number of thioether (sulfide) groups is 1. The van der Waals surface area contributed by atoms with Crippen molar-refractivity contribution in [1.29, 1.82) is 0 Å². The molecule has 1 N–H and O–H groups in total. The van der Waals surface area contributed by atoms with Gasteiger partial charge in [-0.2, -0.15) is 0 Å². The van der Waals surface area contributed by atoms with Crippen molar-refractivity contribution in [2.45, 2.75) is 44.5 Å². The highest BCUT2D eigenvalue weighted by molar-refractivity contribution is 8.00. The third-order valence-electron chi connectivity index (χ3n) is 5.27. The summed E-state index contributed by atoms with van der Waals surface area (Å²) in [5.74, 6) is 0.0857. The molecule has 1 unspecified atom stereocenters. The first-order chi connectivity index (χ1) is 14.2. The summed E-state index contributed by atoms with van der Waals surface area (Å²) in [6.07, 6.45) is 0.710. The van der Waals surface area contributed by atoms with Gasteiger partial charge < -0.3 is 15.0 Å². The quantitative estimate of drug-likeness (QED) is 0.519. The van der Waals surface area contributed by atoms with Crippen LogP contribution < -0.4 is 5.32 Å². The van der Waals surface area contributed by atoms with Crippen LogP contribution in [-0.2, 0) is 14.3 Å². The number of carbonyl (C=O) groups excluding carboxylic acids is 3. The molecule has 160 valence electrons. The number of carbonyl (C=O) groups is 3. The molecule has 30 heavy (non-hydrogen) atoms. The zero-order valence-electron chi connectivity index (χ0n) is 17.7. The van der Waals surface area contributed by atoms with Crippen LogP contribution in [0.3, 0.4) is 0 Å². The lowest BCUT2D eigenvalue weighted by molar-refractivity contribution is -0.130. The number of anilines is 1. The largest absolute Gasteiger partial charge is 0.465 e. The van der Waals surface area contributed by atoms with E-state index in [0.717, 1.165) is 5.56 Å². The molecule has 2 amide bonds. The smallest absolute Gasteiger partial charge is 0.341 e. The van der Waals surface area contributed by atoms with E-state index < -0.39 is 16.9 Å². The summed E-state index contributed by atoms with van der Waals surface area (Å²) in [5, 5.41) is 5.12. The van der Waals surface area contributed by atoms with Gasteiger partial charge in [-0.1, -0.05) is 38.1 Å². The molecule has 1 aliphatic rings. The van der Waals surface area contributed by atoms with E-state index in [9.17, 15) is 14.4 Å². The molecule has 1 aromatic heterocycles. The van der Waals surface area contributed by atoms with E-state index in [0.29, 0.717) is 34.2 Å². The van der Waals surface area contributed by atoms with Gasteiger partial charge in [0.15, 0.2) is 0 Å². The fraction of sp³-hybridized carbons (Fsp3) is 0.409. The molecule has 1 atom stereocenters. The van der Waals surface area contributed by atoms with Crippen LogP contribution in [0.4, 0.5) is 5.00 Å². The molecule has 1 aromatic carbocycles. The number of hydrogen-bond acceptors (Lipinski definition) is 6. The molecule has 2 aromatic rings. The standard InChI is InChI=1S/C22H26N2O4S2/c1-13(2)14-6-8-15(9-7-14)16-10-29-20(18(16)21(27)28-5)23-19(26)17-11-30-22(3,4)24(17)12-25/h6-10,12-13,17H,11H2,1-5H3,(H,23,26). The van der Waals surface area contributed by atoms with Gasteiger partial charge in [-0.3, -0.25) is 9.59 Å². The van der Waals surface area contributed by atoms with Gasteiger partial charge in [-0.25, -0.2) is 4.79 Å². The van der Waals surface area contributed by atoms with Crippen molar-refractivity contribution in [3.05, 3.63) is 40.8 Å². The van der Waals surface area contributed by atoms with E-state index in [1.54, 1.807) is 11.8 Å². The Bertz CT molecular complexity index is 951. The van der Waals surface area contributed by atoms with Crippen LogP contribution in [0.25, 0.3) is 11.1 Å². The molecule has 0 aliphatic carbocycles. The Morgan fingerprint density at radius 3 is 2.50 bits per heavy atom. The average Bonchev–Trinajstić information content (AvgIpc) is 3.27. The summed E-state index contributed by atoms with van der Waals surface area (Å²) in [6, 6.07) is 7.43. The van der Waals surface area contributed by atoms with Crippen LogP contribution in [0, 0.1) is 0 Å². The van der Waals surface area contributed by atoms with Crippen LogP contribution in [0.15, 0.2) is 29.6 Å². The number of methoxy groups -OCH3 is 1. The number of rotatable bonds is 6. The Balaban J connectivity index is 1.91. The Hall–Kier alpha value is -2.32. The molecule has 1 aliphatic heterocycles. The van der Waals surface area contributed by atoms with Crippen molar-refractivity contribution in [1.82, 2.24) is 4.90 Å². The molecule has 1 saturated heterocycles. The fourth-order valence-corrected chi connectivity index (χ4v) is 5.58. The van der Waals surface area contributed by atoms with E-state index in [-0.39, 0.29) is 5.91 Å². The summed E-state index contributed by atoms with van der Waals surface area (Å²) in [4.78, 5) is 38.1. The maximum Gasteiger partial charge on any atom is 0.341 e. The van der Waals surface area contributed by atoms with E-state index in [1.165, 1.54) is 28.9 Å². The predicted molar refractivity (Wildman–Crippen MR) is 122 cm³/mol. The van der Waals surface area contributed by atoms with E-state index in [1.807, 2.05) is 43.5 Å². The SMILES string of the molecule is COC(=O)c1c(-c2ccc(C(C)C)cc2)csc1NC(=O)C1CSC(C)(C)N1C=O. The highest BCUT2D eigenvalue weighted by Crippen LogP contribution is 2.40. The normalized spacial score (nSPS) is 17.8. The maximum absolute atomic E-state index is 12.9. The molecule has 3 rings (SSSR count). The topological polar surface area (TPSA) is 75.7 Å². The average molecular weight is 447 g/mol. The number of benzene rings is 1. The Morgan fingerprint density at radius 1 is 1.27 bits per heavy atom. The van der Waals surface area contributed by atoms with Gasteiger partial charge in [-0.15, -0.1) is 23.1 Å². The van der Waals surface area contributed by atoms with Crippen LogP contribution in [0.5, 0.6) is 0 Å². The predicted octanol–water partition coefficient (Wildman–Crippen LogP) is 4.57. The molecular weight excluding hydrogens is 420 g/mol. The number of esters is 1. The van der Waals surface area contributed by atoms with Gasteiger partial charge in [0.1, 0.15) is 16.6 Å². The summed E-state index contributed by atoms with van der Waals surface area (Å²) >= 11 is 2.82. The second-order valence-corrected chi connectivity index (χ2v) is 10.4. The summed E-state index contributed by atoms with van der Waals surface area (Å²) < 4.78 is 4.99. The van der Waals surface area contributed by atoms with E-state index in [2.05, 4.69) is 19.2 Å². The maximum atomic E-state index is 12.9. The minimum Gasteiger partial charge on any atom is -0.465 e. The van der Waals surface area contributed by atoms with Crippen LogP contribution >= 0.6 is 23.1 Å². The van der Waals surface area contributed by atoms with Gasteiger partial charge in [-0.05, 0) is 30.9 Å². The number of ether oxygens (including phenoxy) is 1. The van der Waals surface area contributed by atoms with E-state index in [4.69, 9.17) is 4.74 Å². The number of hydrogen-bond donors (Lipinski definition) is 1. The lowest BCUT2D eigenvalue weighted by atomic mass is 9.98. The highest BCUT2D eigenvalue weighted by Gasteiger charge is 2.43. The molecule has 8 heteroatoms. The van der Waals surface area contributed by atoms with Crippen molar-refractivity contribution in [2.24, 2.45) is 0 Å². The number of amides is 2. The summed E-state index contributed by atoms with van der Waals surface area (Å²) in [5.41, 5.74) is 3.13. The first-order valence-electron chi connectivity index (χ1n) is 9.68. The van der Waals surface area contributed by atoms with Crippen molar-refractivity contribution in [2.75, 3.05) is 18.2 Å². The fourth-order valence-electron chi connectivity index (χ4n) is 3.43. The molecule has 0 bridgehead atoms. The van der Waals surface area contributed by atoms with Crippen molar-refractivity contribution < 1.29 is 19.1 Å².